The van der Waals surface area contributed by atoms with Gasteiger partial charge in [0.05, 0.1) is 9.26 Å². The summed E-state index contributed by atoms with van der Waals surface area (Å²) in [5.74, 6) is 2.16. The lowest BCUT2D eigenvalue weighted by Gasteiger charge is -2.14. The van der Waals surface area contributed by atoms with E-state index >= 15 is 0 Å². The highest BCUT2D eigenvalue weighted by Gasteiger charge is 2.15. The van der Waals surface area contributed by atoms with Crippen LogP contribution in [-0.2, 0) is 0 Å². The van der Waals surface area contributed by atoms with E-state index in [-0.39, 0.29) is 0 Å². The largest absolute Gasteiger partial charge is 0.369 e. The Hall–Kier alpha value is -1.17. The van der Waals surface area contributed by atoms with E-state index < -0.39 is 0 Å². The van der Waals surface area contributed by atoms with Gasteiger partial charge in [-0.2, -0.15) is 0 Å². The number of hydrogen-bond donors (Lipinski definition) is 1. The summed E-state index contributed by atoms with van der Waals surface area (Å²) in [4.78, 5) is 9.42. The molecule has 1 heterocycles. The van der Waals surface area contributed by atoms with Crippen molar-refractivity contribution >= 4 is 28.4 Å². The number of nitrogens with zero attached hydrogens (tertiary/aromatic N) is 2. The molecule has 1 aromatic heterocycles. The zero-order valence-corrected chi connectivity index (χ0v) is 14.3. The quantitative estimate of drug-likeness (QED) is 0.764. The Bertz CT molecular complexity index is 567. The van der Waals surface area contributed by atoms with Gasteiger partial charge in [-0.25, -0.2) is 9.97 Å². The minimum Gasteiger partial charge on any atom is -0.369 e. The van der Waals surface area contributed by atoms with E-state index in [9.17, 15) is 0 Å². The molecule has 0 bridgehead atoms. The molecule has 0 aliphatic heterocycles. The molecule has 0 aliphatic carbocycles. The van der Waals surface area contributed by atoms with E-state index in [1.54, 1.807) is 0 Å². The second-order valence-electron chi connectivity index (χ2n) is 5.04. The van der Waals surface area contributed by atoms with E-state index in [4.69, 9.17) is 4.98 Å². The van der Waals surface area contributed by atoms with Crippen LogP contribution in [-0.4, -0.2) is 16.5 Å². The van der Waals surface area contributed by atoms with Crippen molar-refractivity contribution in [3.63, 3.8) is 0 Å². The number of halogens is 1. The van der Waals surface area contributed by atoms with Crippen molar-refractivity contribution in [3.8, 4) is 11.3 Å². The van der Waals surface area contributed by atoms with Gasteiger partial charge in [-0.3, -0.25) is 0 Å². The van der Waals surface area contributed by atoms with Crippen molar-refractivity contribution in [2.45, 2.75) is 33.1 Å². The van der Waals surface area contributed by atoms with E-state index in [0.717, 1.165) is 39.4 Å². The van der Waals surface area contributed by atoms with Crippen molar-refractivity contribution in [1.29, 1.82) is 0 Å². The van der Waals surface area contributed by atoms with Crippen molar-refractivity contribution in [2.24, 2.45) is 0 Å². The summed E-state index contributed by atoms with van der Waals surface area (Å²) in [6.45, 7) is 7.34. The number of hydrogen-bond acceptors (Lipinski definition) is 3. The third-order valence-corrected chi connectivity index (χ3v) is 4.00. The van der Waals surface area contributed by atoms with Crippen LogP contribution in [0.15, 0.2) is 30.3 Å². The van der Waals surface area contributed by atoms with Crippen LogP contribution >= 0.6 is 22.6 Å². The molecule has 1 aromatic carbocycles. The maximum Gasteiger partial charge on any atom is 0.143 e. The lowest BCUT2D eigenvalue weighted by Crippen LogP contribution is -2.10. The van der Waals surface area contributed by atoms with Gasteiger partial charge in [-0.05, 0) is 29.0 Å². The minimum absolute atomic E-state index is 0.316. The second-order valence-corrected chi connectivity index (χ2v) is 6.12. The molecule has 0 unspecified atom stereocenters. The van der Waals surface area contributed by atoms with Crippen LogP contribution < -0.4 is 5.32 Å². The number of benzene rings is 1. The standard InChI is InChI=1S/C16H20IN3/c1-4-10-18-16-13(17)14(12-8-6-5-7-9-12)19-15(20-16)11(2)3/h5-9,11H,4,10H2,1-3H3,(H,18,19,20). The molecule has 3 nitrogen and oxygen atoms in total. The molecule has 106 valence electrons. The molecule has 0 spiro atoms. The van der Waals surface area contributed by atoms with E-state index in [2.05, 4.69) is 65.8 Å². The van der Waals surface area contributed by atoms with E-state index in [1.807, 2.05) is 18.2 Å². The Labute approximate surface area is 134 Å². The van der Waals surface area contributed by atoms with Gasteiger partial charge >= 0.3 is 0 Å². The summed E-state index contributed by atoms with van der Waals surface area (Å²) in [7, 11) is 0. The van der Waals surface area contributed by atoms with Crippen LogP contribution in [0.25, 0.3) is 11.3 Å². The van der Waals surface area contributed by atoms with Gasteiger partial charge in [0.15, 0.2) is 0 Å². The van der Waals surface area contributed by atoms with Gasteiger partial charge in [-0.15, -0.1) is 0 Å². The monoisotopic (exact) mass is 381 g/mol. The van der Waals surface area contributed by atoms with Crippen LogP contribution in [0.5, 0.6) is 0 Å². The van der Waals surface area contributed by atoms with E-state index in [1.165, 1.54) is 0 Å². The first-order chi connectivity index (χ1) is 9.63. The SMILES string of the molecule is CCCNc1nc(C(C)C)nc(-c2ccccc2)c1I. The highest BCUT2D eigenvalue weighted by atomic mass is 127. The topological polar surface area (TPSA) is 37.8 Å². The van der Waals surface area contributed by atoms with Gasteiger partial charge < -0.3 is 5.32 Å². The van der Waals surface area contributed by atoms with Crippen molar-refractivity contribution in [3.05, 3.63) is 39.7 Å². The van der Waals surface area contributed by atoms with Crippen LogP contribution in [0.3, 0.4) is 0 Å². The fourth-order valence-electron chi connectivity index (χ4n) is 1.87. The Kier molecular flexibility index (Phi) is 5.34. The normalized spacial score (nSPS) is 10.8. The number of aromatic nitrogens is 2. The Balaban J connectivity index is 2.52. The average Bonchev–Trinajstić information content (AvgIpc) is 2.47. The van der Waals surface area contributed by atoms with Crippen LogP contribution in [0, 0.1) is 3.57 Å². The summed E-state index contributed by atoms with van der Waals surface area (Å²) < 4.78 is 1.09. The van der Waals surface area contributed by atoms with Gasteiger partial charge in [-0.1, -0.05) is 51.1 Å². The first-order valence-corrected chi connectivity index (χ1v) is 8.08. The predicted molar refractivity (Wildman–Crippen MR) is 93.1 cm³/mol. The van der Waals surface area contributed by atoms with Crippen molar-refractivity contribution in [2.75, 3.05) is 11.9 Å². The maximum absolute atomic E-state index is 4.75. The summed E-state index contributed by atoms with van der Waals surface area (Å²) in [6.07, 6.45) is 1.08. The van der Waals surface area contributed by atoms with E-state index in [0.29, 0.717) is 5.92 Å². The number of rotatable bonds is 5. The van der Waals surface area contributed by atoms with Crippen molar-refractivity contribution < 1.29 is 0 Å². The summed E-state index contributed by atoms with van der Waals surface area (Å²) in [5.41, 5.74) is 2.16. The predicted octanol–water partition coefficient (Wildman–Crippen LogP) is 4.69. The molecule has 2 rings (SSSR count). The summed E-state index contributed by atoms with van der Waals surface area (Å²) >= 11 is 2.34. The van der Waals surface area contributed by atoms with Crippen molar-refractivity contribution in [1.82, 2.24) is 9.97 Å². The molecule has 0 aliphatic rings. The van der Waals surface area contributed by atoms with Gasteiger partial charge in [0.1, 0.15) is 11.6 Å². The maximum atomic E-state index is 4.75. The molecule has 0 saturated heterocycles. The smallest absolute Gasteiger partial charge is 0.143 e. The second kappa shape index (κ2) is 7.02. The minimum atomic E-state index is 0.316. The Morgan fingerprint density at radius 3 is 2.45 bits per heavy atom. The summed E-state index contributed by atoms with van der Waals surface area (Å²) in [5, 5.41) is 3.41. The molecule has 0 fully saturated rings. The zero-order chi connectivity index (χ0) is 14.5. The molecule has 1 N–H and O–H groups in total. The summed E-state index contributed by atoms with van der Waals surface area (Å²) in [6, 6.07) is 10.3. The van der Waals surface area contributed by atoms with Crippen LogP contribution in [0.4, 0.5) is 5.82 Å². The first-order valence-electron chi connectivity index (χ1n) is 7.00. The Morgan fingerprint density at radius 2 is 1.85 bits per heavy atom. The van der Waals surface area contributed by atoms with Crippen LogP contribution in [0.2, 0.25) is 0 Å². The van der Waals surface area contributed by atoms with Gasteiger partial charge in [0, 0.05) is 18.0 Å². The number of nitrogens with one attached hydrogen (secondary N) is 1. The third kappa shape index (κ3) is 3.48. The highest BCUT2D eigenvalue weighted by Crippen LogP contribution is 2.29. The lowest BCUT2D eigenvalue weighted by atomic mass is 10.1. The molecular formula is C16H20IN3. The molecule has 20 heavy (non-hydrogen) atoms. The van der Waals surface area contributed by atoms with Crippen LogP contribution in [0.1, 0.15) is 38.9 Å². The molecule has 2 aromatic rings. The fraction of sp³-hybridized carbons (Fsp3) is 0.375. The molecule has 4 heteroatoms. The average molecular weight is 381 g/mol. The Morgan fingerprint density at radius 1 is 1.15 bits per heavy atom. The zero-order valence-electron chi connectivity index (χ0n) is 12.2. The first kappa shape index (κ1) is 15.2. The lowest BCUT2D eigenvalue weighted by molar-refractivity contribution is 0.773. The fourth-order valence-corrected chi connectivity index (χ4v) is 2.61. The molecule has 0 amide bonds. The third-order valence-electron chi connectivity index (χ3n) is 2.97. The molecule has 0 radical (unpaired) electrons. The highest BCUT2D eigenvalue weighted by molar-refractivity contribution is 14.1. The van der Waals surface area contributed by atoms with Gasteiger partial charge in [0.2, 0.25) is 0 Å². The molecule has 0 atom stereocenters. The molecular weight excluding hydrogens is 361 g/mol. The number of anilines is 1. The van der Waals surface area contributed by atoms with Gasteiger partial charge in [0.25, 0.3) is 0 Å². The molecule has 0 saturated carbocycles.